The zero-order chi connectivity index (χ0) is 17.0. The lowest BCUT2D eigenvalue weighted by atomic mass is 10.1. The molecule has 23 heavy (non-hydrogen) atoms. The van der Waals surface area contributed by atoms with Gasteiger partial charge in [-0.05, 0) is 45.8 Å². The van der Waals surface area contributed by atoms with Gasteiger partial charge in [0.15, 0.2) is 11.5 Å². The normalized spacial score (nSPS) is 11.3. The summed E-state index contributed by atoms with van der Waals surface area (Å²) >= 11 is 7.23. The minimum atomic E-state index is 0.696. The van der Waals surface area contributed by atoms with Crippen molar-refractivity contribution in [2.45, 2.75) is 0 Å². The molecule has 5 heteroatoms. The Hall–Kier alpha value is -1.46. The highest BCUT2D eigenvalue weighted by Crippen LogP contribution is 2.38. The van der Waals surface area contributed by atoms with Gasteiger partial charge >= 0.3 is 0 Å². The van der Waals surface area contributed by atoms with E-state index < -0.39 is 0 Å². The third kappa shape index (κ3) is 4.09. The fraction of sp³-hybridized carbons (Fsp3) is 0.222. The second-order valence-corrected chi connectivity index (χ2v) is 6.84. The number of methoxy groups -OCH3 is 2. The molecule has 0 aliphatic carbocycles. The van der Waals surface area contributed by atoms with Gasteiger partial charge in [0.2, 0.25) is 0 Å². The summed E-state index contributed by atoms with van der Waals surface area (Å²) in [6.07, 6.45) is 2.14. The van der Waals surface area contributed by atoms with Crippen molar-refractivity contribution in [2.24, 2.45) is 0 Å². The summed E-state index contributed by atoms with van der Waals surface area (Å²) in [6, 6.07) is 12.0. The van der Waals surface area contributed by atoms with E-state index in [1.165, 1.54) is 0 Å². The lowest BCUT2D eigenvalue weighted by Gasteiger charge is -2.21. The number of rotatable bonds is 5. The third-order valence-electron chi connectivity index (χ3n) is 3.43. The van der Waals surface area contributed by atoms with Gasteiger partial charge < -0.3 is 14.4 Å². The molecule has 0 unspecified atom stereocenters. The lowest BCUT2D eigenvalue weighted by molar-refractivity contribution is 0.354. The number of halogens is 2. The van der Waals surface area contributed by atoms with Gasteiger partial charge in [0.1, 0.15) is 0 Å². The zero-order valence-electron chi connectivity index (χ0n) is 13.6. The summed E-state index contributed by atoms with van der Waals surface area (Å²) in [7, 11) is 7.31. The average molecular weight is 441 g/mol. The quantitative estimate of drug-likeness (QED) is 0.589. The van der Waals surface area contributed by atoms with E-state index in [4.69, 9.17) is 9.47 Å². The first-order chi connectivity index (χ1) is 11.0. The van der Waals surface area contributed by atoms with Gasteiger partial charge in [-0.3, -0.25) is 0 Å². The first kappa shape index (κ1) is 17.9. The van der Waals surface area contributed by atoms with Gasteiger partial charge in [-0.25, -0.2) is 0 Å². The maximum absolute atomic E-state index is 5.43. The summed E-state index contributed by atoms with van der Waals surface area (Å²) in [5, 5.41) is 0. The molecule has 2 aromatic carbocycles. The predicted octanol–water partition coefficient (Wildman–Crippen LogP) is 5.29. The second kappa shape index (κ2) is 7.88. The molecule has 122 valence electrons. The zero-order valence-corrected chi connectivity index (χ0v) is 16.7. The van der Waals surface area contributed by atoms with E-state index in [9.17, 15) is 0 Å². The minimum Gasteiger partial charge on any atom is -0.493 e. The van der Waals surface area contributed by atoms with Crippen molar-refractivity contribution >= 4 is 43.6 Å². The summed E-state index contributed by atoms with van der Waals surface area (Å²) < 4.78 is 12.8. The molecule has 0 aromatic heterocycles. The molecule has 0 fully saturated rings. The molecule has 0 N–H and O–H groups in total. The smallest absolute Gasteiger partial charge is 0.161 e. The van der Waals surface area contributed by atoms with Crippen LogP contribution in [0.5, 0.6) is 11.5 Å². The molecule has 0 saturated carbocycles. The Labute approximate surface area is 154 Å². The van der Waals surface area contributed by atoms with Crippen LogP contribution in [0.25, 0.3) is 11.8 Å². The van der Waals surface area contributed by atoms with Crippen LogP contribution >= 0.6 is 31.9 Å². The van der Waals surface area contributed by atoms with E-state index in [0.29, 0.717) is 11.5 Å². The molecule has 0 radical (unpaired) electrons. The molecule has 0 spiro atoms. The predicted molar refractivity (Wildman–Crippen MR) is 103 cm³/mol. The van der Waals surface area contributed by atoms with E-state index >= 15 is 0 Å². The van der Waals surface area contributed by atoms with Gasteiger partial charge in [-0.1, -0.05) is 34.1 Å². The summed E-state index contributed by atoms with van der Waals surface area (Å²) in [5.41, 5.74) is 3.20. The average Bonchev–Trinajstić information content (AvgIpc) is 2.54. The highest BCUT2D eigenvalue weighted by Gasteiger charge is 2.15. The van der Waals surface area contributed by atoms with E-state index in [1.807, 2.05) is 44.4 Å². The summed E-state index contributed by atoms with van der Waals surface area (Å²) in [5.74, 6) is 1.40. The van der Waals surface area contributed by atoms with Crippen molar-refractivity contribution in [3.63, 3.8) is 0 Å². The van der Waals surface area contributed by atoms with Crippen molar-refractivity contribution in [3.05, 3.63) is 56.5 Å². The van der Waals surface area contributed by atoms with Crippen LogP contribution in [-0.4, -0.2) is 33.2 Å². The monoisotopic (exact) mass is 439 g/mol. The maximum atomic E-state index is 5.43. The number of benzene rings is 2. The number of nitrogens with zero attached hydrogens (tertiary/aromatic N) is 1. The molecular weight excluding hydrogens is 422 g/mol. The maximum Gasteiger partial charge on any atom is 0.161 e. The molecule has 2 rings (SSSR count). The van der Waals surface area contributed by atoms with Crippen LogP contribution in [0.1, 0.15) is 11.1 Å². The lowest BCUT2D eigenvalue weighted by Crippen LogP contribution is -2.11. The molecule has 2 aromatic rings. The molecule has 0 bridgehead atoms. The van der Waals surface area contributed by atoms with E-state index in [-0.39, 0.29) is 0 Å². The first-order valence-electron chi connectivity index (χ1n) is 7.03. The topological polar surface area (TPSA) is 21.7 Å². The third-order valence-corrected chi connectivity index (χ3v) is 4.81. The molecule has 0 aliphatic rings. The SMILES string of the molecule is COc1cc(Br)c(/C(=C\c2ccccc2Br)N(C)C)cc1OC. The Bertz CT molecular complexity index is 727. The molecule has 3 nitrogen and oxygen atoms in total. The number of ether oxygens (including phenoxy) is 2. The van der Waals surface area contributed by atoms with Crippen LogP contribution in [0.2, 0.25) is 0 Å². The molecule has 0 aliphatic heterocycles. The van der Waals surface area contributed by atoms with Crippen molar-refractivity contribution in [2.75, 3.05) is 28.3 Å². The van der Waals surface area contributed by atoms with Gasteiger partial charge in [-0.2, -0.15) is 0 Å². The van der Waals surface area contributed by atoms with E-state index in [1.54, 1.807) is 14.2 Å². The highest BCUT2D eigenvalue weighted by molar-refractivity contribution is 9.10. The Morgan fingerprint density at radius 1 is 0.957 bits per heavy atom. The van der Waals surface area contributed by atoms with Gasteiger partial charge in [0.05, 0.1) is 14.2 Å². The van der Waals surface area contributed by atoms with Crippen LogP contribution in [0.15, 0.2) is 45.3 Å². The summed E-state index contributed by atoms with van der Waals surface area (Å²) in [4.78, 5) is 2.07. The van der Waals surface area contributed by atoms with Crippen molar-refractivity contribution < 1.29 is 9.47 Å². The van der Waals surface area contributed by atoms with Crippen LogP contribution in [-0.2, 0) is 0 Å². The largest absolute Gasteiger partial charge is 0.493 e. The van der Waals surface area contributed by atoms with Crippen LogP contribution < -0.4 is 9.47 Å². The fourth-order valence-electron chi connectivity index (χ4n) is 2.24. The molecular formula is C18H19Br2NO2. The molecule has 0 heterocycles. The second-order valence-electron chi connectivity index (χ2n) is 5.13. The Kier molecular flexibility index (Phi) is 6.13. The highest BCUT2D eigenvalue weighted by atomic mass is 79.9. The molecule has 0 atom stereocenters. The van der Waals surface area contributed by atoms with Gasteiger partial charge in [-0.15, -0.1) is 0 Å². The van der Waals surface area contributed by atoms with Gasteiger partial charge in [0, 0.05) is 34.3 Å². The Balaban J connectivity index is 2.61. The van der Waals surface area contributed by atoms with Crippen molar-refractivity contribution in [1.82, 2.24) is 4.90 Å². The Morgan fingerprint density at radius 3 is 2.13 bits per heavy atom. The van der Waals surface area contributed by atoms with Crippen LogP contribution in [0.3, 0.4) is 0 Å². The van der Waals surface area contributed by atoms with Crippen molar-refractivity contribution in [3.8, 4) is 11.5 Å². The first-order valence-corrected chi connectivity index (χ1v) is 8.62. The fourth-order valence-corrected chi connectivity index (χ4v) is 3.16. The van der Waals surface area contributed by atoms with Crippen molar-refractivity contribution in [1.29, 1.82) is 0 Å². The van der Waals surface area contributed by atoms with E-state index in [2.05, 4.69) is 48.9 Å². The van der Waals surface area contributed by atoms with E-state index in [0.717, 1.165) is 25.8 Å². The van der Waals surface area contributed by atoms with Crippen LogP contribution in [0.4, 0.5) is 0 Å². The van der Waals surface area contributed by atoms with Gasteiger partial charge in [0.25, 0.3) is 0 Å². The standard InChI is InChI=1S/C18H19Br2NO2/c1-21(2)16(9-12-7-5-6-8-14(12)19)13-10-17(22-3)18(23-4)11-15(13)20/h5-11H,1-4H3/b16-9+. The minimum absolute atomic E-state index is 0.696. The Morgan fingerprint density at radius 2 is 1.57 bits per heavy atom. The number of hydrogen-bond acceptors (Lipinski definition) is 3. The van der Waals surface area contributed by atoms with Crippen LogP contribution in [0, 0.1) is 0 Å². The summed E-state index contributed by atoms with van der Waals surface area (Å²) in [6.45, 7) is 0. The number of hydrogen-bond donors (Lipinski definition) is 0. The molecule has 0 saturated heterocycles. The molecule has 0 amide bonds.